The van der Waals surface area contributed by atoms with E-state index in [1.807, 2.05) is 0 Å². The van der Waals surface area contributed by atoms with Gasteiger partial charge in [0.15, 0.2) is 6.61 Å². The van der Waals surface area contributed by atoms with Crippen molar-refractivity contribution >= 4 is 11.9 Å². The van der Waals surface area contributed by atoms with Crippen molar-refractivity contribution in [1.29, 1.82) is 5.26 Å². The average Bonchev–Trinajstić information content (AvgIpc) is 2.94. The molecule has 0 radical (unpaired) electrons. The van der Waals surface area contributed by atoms with Crippen molar-refractivity contribution in [1.82, 2.24) is 5.32 Å². The number of hydrogen-bond acceptors (Lipinski definition) is 4. The van der Waals surface area contributed by atoms with E-state index in [0.29, 0.717) is 12.8 Å². The molecule has 1 aromatic rings. The van der Waals surface area contributed by atoms with Crippen molar-refractivity contribution in [3.8, 4) is 6.07 Å². The summed E-state index contributed by atoms with van der Waals surface area (Å²) in [5.41, 5.74) is -0.804. The molecule has 21 heavy (non-hydrogen) atoms. The predicted molar refractivity (Wildman–Crippen MR) is 71.6 cm³/mol. The minimum absolute atomic E-state index is 0.0404. The number of halogens is 1. The lowest BCUT2D eigenvalue weighted by molar-refractivity contribution is -0.125. The van der Waals surface area contributed by atoms with Crippen molar-refractivity contribution in [2.24, 2.45) is 0 Å². The van der Waals surface area contributed by atoms with Gasteiger partial charge in [-0.15, -0.1) is 0 Å². The van der Waals surface area contributed by atoms with Crippen LogP contribution in [0.5, 0.6) is 0 Å². The van der Waals surface area contributed by atoms with Crippen LogP contribution in [0.3, 0.4) is 0 Å². The topological polar surface area (TPSA) is 79.2 Å². The highest BCUT2D eigenvalue weighted by molar-refractivity contribution is 5.91. The van der Waals surface area contributed by atoms with Crippen LogP contribution in [0.25, 0.3) is 0 Å². The molecule has 0 spiro atoms. The van der Waals surface area contributed by atoms with Crippen LogP contribution < -0.4 is 5.32 Å². The molecule has 1 amide bonds. The fourth-order valence-electron chi connectivity index (χ4n) is 2.38. The smallest absolute Gasteiger partial charge is 0.338 e. The minimum atomic E-state index is -0.845. The van der Waals surface area contributed by atoms with Gasteiger partial charge in [0, 0.05) is 0 Å². The summed E-state index contributed by atoms with van der Waals surface area (Å²) in [6, 6.07) is 7.14. The SMILES string of the molecule is N#CC1(NC(=O)COC(=O)c2cccc(F)c2)CCCC1. The lowest BCUT2D eigenvalue weighted by Crippen LogP contribution is -2.46. The van der Waals surface area contributed by atoms with Gasteiger partial charge < -0.3 is 10.1 Å². The number of carbonyl (C=O) groups excluding carboxylic acids is 2. The van der Waals surface area contributed by atoms with Crippen LogP contribution >= 0.6 is 0 Å². The van der Waals surface area contributed by atoms with Crippen LogP contribution in [0.4, 0.5) is 4.39 Å². The Labute approximate surface area is 121 Å². The number of nitriles is 1. The Bertz CT molecular complexity index is 589. The van der Waals surface area contributed by atoms with Crippen molar-refractivity contribution in [2.45, 2.75) is 31.2 Å². The van der Waals surface area contributed by atoms with E-state index in [1.54, 1.807) is 0 Å². The maximum Gasteiger partial charge on any atom is 0.338 e. The van der Waals surface area contributed by atoms with E-state index in [0.717, 1.165) is 18.9 Å². The van der Waals surface area contributed by atoms with Gasteiger partial charge in [0.05, 0.1) is 11.6 Å². The molecule has 5 nitrogen and oxygen atoms in total. The molecule has 1 aliphatic carbocycles. The third-order valence-electron chi connectivity index (χ3n) is 3.44. The van der Waals surface area contributed by atoms with E-state index in [2.05, 4.69) is 11.4 Å². The highest BCUT2D eigenvalue weighted by atomic mass is 19.1. The van der Waals surface area contributed by atoms with Crippen LogP contribution in [-0.4, -0.2) is 24.0 Å². The fourth-order valence-corrected chi connectivity index (χ4v) is 2.38. The first-order chi connectivity index (χ1) is 10.0. The molecule has 0 saturated heterocycles. The maximum atomic E-state index is 13.0. The summed E-state index contributed by atoms with van der Waals surface area (Å²) in [6.45, 7) is -0.487. The van der Waals surface area contributed by atoms with Gasteiger partial charge in [-0.1, -0.05) is 6.07 Å². The van der Waals surface area contributed by atoms with Crippen molar-refractivity contribution < 1.29 is 18.7 Å². The molecule has 1 aliphatic rings. The summed E-state index contributed by atoms with van der Waals surface area (Å²) in [4.78, 5) is 23.4. The van der Waals surface area contributed by atoms with Crippen LogP contribution in [0.1, 0.15) is 36.0 Å². The second-order valence-electron chi connectivity index (χ2n) is 5.04. The molecular weight excluding hydrogens is 275 g/mol. The van der Waals surface area contributed by atoms with Crippen molar-refractivity contribution in [3.63, 3.8) is 0 Å². The Morgan fingerprint density at radius 1 is 1.38 bits per heavy atom. The van der Waals surface area contributed by atoms with Gasteiger partial charge in [-0.3, -0.25) is 4.79 Å². The standard InChI is InChI=1S/C15H15FN2O3/c16-12-5-3-4-11(8-12)14(20)21-9-13(19)18-15(10-17)6-1-2-7-15/h3-5,8H,1-2,6-7,9H2,(H,18,19). The fraction of sp³-hybridized carbons (Fsp3) is 0.400. The molecule has 0 heterocycles. The monoisotopic (exact) mass is 290 g/mol. The third-order valence-corrected chi connectivity index (χ3v) is 3.44. The summed E-state index contributed by atoms with van der Waals surface area (Å²) in [5.74, 6) is -1.85. The quantitative estimate of drug-likeness (QED) is 0.859. The first kappa shape index (κ1) is 15.0. The average molecular weight is 290 g/mol. The second kappa shape index (κ2) is 6.35. The molecule has 0 atom stereocenters. The Morgan fingerprint density at radius 2 is 2.10 bits per heavy atom. The highest BCUT2D eigenvalue weighted by Crippen LogP contribution is 2.28. The Kier molecular flexibility index (Phi) is 4.53. The van der Waals surface area contributed by atoms with Crippen LogP contribution in [0.2, 0.25) is 0 Å². The van der Waals surface area contributed by atoms with E-state index >= 15 is 0 Å². The summed E-state index contributed by atoms with van der Waals surface area (Å²) in [7, 11) is 0. The minimum Gasteiger partial charge on any atom is -0.452 e. The van der Waals surface area contributed by atoms with E-state index in [9.17, 15) is 14.0 Å². The second-order valence-corrected chi connectivity index (χ2v) is 5.04. The molecule has 2 rings (SSSR count). The molecule has 0 aliphatic heterocycles. The predicted octanol–water partition coefficient (Wildman–Crippen LogP) is 1.94. The molecule has 1 saturated carbocycles. The number of esters is 1. The molecule has 0 bridgehead atoms. The summed E-state index contributed by atoms with van der Waals surface area (Å²) in [5, 5.41) is 11.7. The molecule has 1 N–H and O–H groups in total. The van der Waals surface area contributed by atoms with Gasteiger partial charge in [0.2, 0.25) is 0 Å². The summed E-state index contributed by atoms with van der Waals surface area (Å²) in [6.07, 6.45) is 2.98. The van der Waals surface area contributed by atoms with Crippen molar-refractivity contribution in [3.05, 3.63) is 35.6 Å². The van der Waals surface area contributed by atoms with Gasteiger partial charge in [0.25, 0.3) is 5.91 Å². The largest absolute Gasteiger partial charge is 0.452 e. The first-order valence-corrected chi connectivity index (χ1v) is 6.70. The van der Waals surface area contributed by atoms with Crippen LogP contribution in [0, 0.1) is 17.1 Å². The third kappa shape index (κ3) is 3.78. The first-order valence-electron chi connectivity index (χ1n) is 6.70. The number of carbonyl (C=O) groups is 2. The number of benzene rings is 1. The number of hydrogen-bond donors (Lipinski definition) is 1. The van der Waals surface area contributed by atoms with E-state index in [4.69, 9.17) is 10.00 Å². The number of nitrogens with one attached hydrogen (secondary N) is 1. The van der Waals surface area contributed by atoms with Gasteiger partial charge in [0.1, 0.15) is 11.4 Å². The van der Waals surface area contributed by atoms with Gasteiger partial charge in [-0.05, 0) is 43.9 Å². The molecule has 0 unspecified atom stereocenters. The van der Waals surface area contributed by atoms with E-state index in [1.165, 1.54) is 18.2 Å². The maximum absolute atomic E-state index is 13.0. The number of nitrogens with zero attached hydrogens (tertiary/aromatic N) is 1. The Morgan fingerprint density at radius 3 is 2.71 bits per heavy atom. The van der Waals surface area contributed by atoms with Gasteiger partial charge in [-0.25, -0.2) is 9.18 Å². The normalized spacial score (nSPS) is 16.0. The van der Waals surface area contributed by atoms with Gasteiger partial charge >= 0.3 is 5.97 Å². The number of ether oxygens (including phenoxy) is 1. The van der Waals surface area contributed by atoms with E-state index < -0.39 is 29.8 Å². The van der Waals surface area contributed by atoms with Crippen LogP contribution in [0.15, 0.2) is 24.3 Å². The number of amides is 1. The molecular formula is C15H15FN2O3. The Balaban J connectivity index is 1.87. The molecule has 0 aromatic heterocycles. The zero-order valence-electron chi connectivity index (χ0n) is 11.4. The summed E-state index contributed by atoms with van der Waals surface area (Å²) < 4.78 is 17.8. The lowest BCUT2D eigenvalue weighted by Gasteiger charge is -2.21. The highest BCUT2D eigenvalue weighted by Gasteiger charge is 2.35. The van der Waals surface area contributed by atoms with Crippen molar-refractivity contribution in [2.75, 3.05) is 6.61 Å². The van der Waals surface area contributed by atoms with Crippen LogP contribution in [-0.2, 0) is 9.53 Å². The Hall–Kier alpha value is -2.42. The molecule has 6 heteroatoms. The van der Waals surface area contributed by atoms with E-state index in [-0.39, 0.29) is 5.56 Å². The summed E-state index contributed by atoms with van der Waals surface area (Å²) >= 11 is 0. The van der Waals surface area contributed by atoms with Gasteiger partial charge in [-0.2, -0.15) is 5.26 Å². The molecule has 1 fully saturated rings. The molecule has 1 aromatic carbocycles. The lowest BCUT2D eigenvalue weighted by atomic mass is 10.00. The zero-order valence-corrected chi connectivity index (χ0v) is 11.4. The zero-order chi connectivity index (χ0) is 15.3. The molecule has 110 valence electrons. The number of rotatable bonds is 4.